The van der Waals surface area contributed by atoms with E-state index < -0.39 is 0 Å². The zero-order valence-corrected chi connectivity index (χ0v) is 11.7. The van der Waals surface area contributed by atoms with E-state index in [9.17, 15) is 0 Å². The van der Waals surface area contributed by atoms with Crippen LogP contribution in [0.1, 0.15) is 23.2 Å². The first-order chi connectivity index (χ1) is 8.69. The number of aliphatic hydroxyl groups is 1. The van der Waals surface area contributed by atoms with Gasteiger partial charge in [0.25, 0.3) is 0 Å². The highest BCUT2D eigenvalue weighted by Gasteiger charge is 2.11. The summed E-state index contributed by atoms with van der Waals surface area (Å²) in [5.74, 6) is 0.922. The monoisotopic (exact) mass is 263 g/mol. The molecule has 1 aromatic carbocycles. The van der Waals surface area contributed by atoms with Crippen LogP contribution in [0.2, 0.25) is 0 Å². The van der Waals surface area contributed by atoms with Gasteiger partial charge in [-0.2, -0.15) is 0 Å². The molecule has 0 spiro atoms. The van der Waals surface area contributed by atoms with Gasteiger partial charge in [-0.1, -0.05) is 6.92 Å². The average molecular weight is 263 g/mol. The molecule has 3 nitrogen and oxygen atoms in total. The van der Waals surface area contributed by atoms with Crippen LogP contribution in [0.25, 0.3) is 10.4 Å². The van der Waals surface area contributed by atoms with E-state index in [0.717, 1.165) is 33.3 Å². The van der Waals surface area contributed by atoms with Gasteiger partial charge in [0.2, 0.25) is 0 Å². The molecule has 96 valence electrons. The first-order valence-corrected chi connectivity index (χ1v) is 6.75. The zero-order valence-electron chi connectivity index (χ0n) is 10.9. The summed E-state index contributed by atoms with van der Waals surface area (Å²) in [6.45, 7) is 4.09. The second kappa shape index (κ2) is 5.50. The fraction of sp³-hybridized carbons (Fsp3) is 0.357. The lowest BCUT2D eigenvalue weighted by Gasteiger charge is -2.08. The van der Waals surface area contributed by atoms with Crippen LogP contribution in [-0.2, 0) is 13.0 Å². The SMILES string of the molecule is CCc1cc(-c2sc(CO)nc2C)ccc1OC. The predicted molar refractivity (Wildman–Crippen MR) is 74.1 cm³/mol. The summed E-state index contributed by atoms with van der Waals surface area (Å²) in [7, 11) is 1.69. The van der Waals surface area contributed by atoms with Crippen LogP contribution in [0.4, 0.5) is 0 Å². The van der Waals surface area contributed by atoms with Crippen molar-refractivity contribution in [1.29, 1.82) is 0 Å². The first-order valence-electron chi connectivity index (χ1n) is 5.94. The van der Waals surface area contributed by atoms with E-state index in [4.69, 9.17) is 9.84 Å². The topological polar surface area (TPSA) is 42.4 Å². The molecular weight excluding hydrogens is 246 g/mol. The van der Waals surface area contributed by atoms with Crippen LogP contribution in [0, 0.1) is 6.92 Å². The number of ether oxygens (including phenoxy) is 1. The van der Waals surface area contributed by atoms with Gasteiger partial charge in [-0.3, -0.25) is 0 Å². The lowest BCUT2D eigenvalue weighted by molar-refractivity contribution is 0.281. The molecular formula is C14H17NO2S. The summed E-state index contributed by atoms with van der Waals surface area (Å²) in [5, 5.41) is 9.89. The quantitative estimate of drug-likeness (QED) is 0.921. The molecule has 2 rings (SSSR count). The standard InChI is InChI=1S/C14H17NO2S/c1-4-10-7-11(5-6-12(10)17-3)14-9(2)15-13(8-16)18-14/h5-7,16H,4,8H2,1-3H3. The highest BCUT2D eigenvalue weighted by molar-refractivity contribution is 7.15. The maximum absolute atomic E-state index is 9.13. The minimum Gasteiger partial charge on any atom is -0.496 e. The highest BCUT2D eigenvalue weighted by atomic mass is 32.1. The van der Waals surface area contributed by atoms with Crippen molar-refractivity contribution < 1.29 is 9.84 Å². The van der Waals surface area contributed by atoms with E-state index in [2.05, 4.69) is 18.0 Å². The van der Waals surface area contributed by atoms with Gasteiger partial charge in [0.05, 0.1) is 24.3 Å². The van der Waals surface area contributed by atoms with E-state index in [1.165, 1.54) is 5.56 Å². The number of aliphatic hydroxyl groups excluding tert-OH is 1. The van der Waals surface area contributed by atoms with Crippen molar-refractivity contribution in [3.63, 3.8) is 0 Å². The van der Waals surface area contributed by atoms with Gasteiger partial charge in [0.1, 0.15) is 10.8 Å². The van der Waals surface area contributed by atoms with Gasteiger partial charge >= 0.3 is 0 Å². The van der Waals surface area contributed by atoms with Crippen molar-refractivity contribution in [3.05, 3.63) is 34.5 Å². The molecule has 1 N–H and O–H groups in total. The van der Waals surface area contributed by atoms with Gasteiger partial charge in [-0.05, 0) is 42.7 Å². The fourth-order valence-corrected chi connectivity index (χ4v) is 2.90. The third-order valence-electron chi connectivity index (χ3n) is 2.90. The van der Waals surface area contributed by atoms with E-state index >= 15 is 0 Å². The lowest BCUT2D eigenvalue weighted by atomic mass is 10.1. The summed E-state index contributed by atoms with van der Waals surface area (Å²) in [6.07, 6.45) is 0.932. The zero-order chi connectivity index (χ0) is 13.1. The first kappa shape index (κ1) is 13.1. The third kappa shape index (κ3) is 2.40. The van der Waals surface area contributed by atoms with Crippen molar-refractivity contribution in [2.45, 2.75) is 26.9 Å². The van der Waals surface area contributed by atoms with E-state index in [0.29, 0.717) is 0 Å². The van der Waals surface area contributed by atoms with E-state index in [-0.39, 0.29) is 6.61 Å². The van der Waals surface area contributed by atoms with Crippen LogP contribution in [0.15, 0.2) is 18.2 Å². The Hall–Kier alpha value is -1.39. The number of nitrogens with zero attached hydrogens (tertiary/aromatic N) is 1. The molecule has 0 radical (unpaired) electrons. The Morgan fingerprint density at radius 2 is 2.17 bits per heavy atom. The minimum absolute atomic E-state index is 0.00228. The molecule has 0 atom stereocenters. The number of aryl methyl sites for hydroxylation is 2. The van der Waals surface area contributed by atoms with Crippen LogP contribution in [0.5, 0.6) is 5.75 Å². The van der Waals surface area contributed by atoms with Gasteiger partial charge < -0.3 is 9.84 Å². The Bertz CT molecular complexity index is 549. The predicted octanol–water partition coefficient (Wildman–Crippen LogP) is 3.18. The summed E-state index contributed by atoms with van der Waals surface area (Å²) < 4.78 is 5.33. The third-order valence-corrected chi connectivity index (χ3v) is 4.09. The van der Waals surface area contributed by atoms with Crippen LogP contribution < -0.4 is 4.74 Å². The van der Waals surface area contributed by atoms with Crippen LogP contribution in [0.3, 0.4) is 0 Å². The van der Waals surface area contributed by atoms with Crippen LogP contribution >= 0.6 is 11.3 Å². The number of hydrogen-bond donors (Lipinski definition) is 1. The molecule has 4 heteroatoms. The maximum Gasteiger partial charge on any atom is 0.122 e. The van der Waals surface area contributed by atoms with E-state index in [1.54, 1.807) is 18.4 Å². The van der Waals surface area contributed by atoms with Gasteiger partial charge in [-0.15, -0.1) is 11.3 Å². The van der Waals surface area contributed by atoms with Crippen LogP contribution in [-0.4, -0.2) is 17.2 Å². The minimum atomic E-state index is 0.00228. The molecule has 0 aliphatic carbocycles. The molecule has 2 aromatic rings. The number of hydrogen-bond acceptors (Lipinski definition) is 4. The number of aromatic nitrogens is 1. The largest absolute Gasteiger partial charge is 0.496 e. The smallest absolute Gasteiger partial charge is 0.122 e. The average Bonchev–Trinajstić information content (AvgIpc) is 2.79. The highest BCUT2D eigenvalue weighted by Crippen LogP contribution is 2.33. The van der Waals surface area contributed by atoms with Gasteiger partial charge in [0, 0.05) is 0 Å². The Morgan fingerprint density at radius 3 is 2.72 bits per heavy atom. The van der Waals surface area contributed by atoms with Crippen molar-refractivity contribution >= 4 is 11.3 Å². The molecule has 0 unspecified atom stereocenters. The van der Waals surface area contributed by atoms with Crippen molar-refractivity contribution in [2.75, 3.05) is 7.11 Å². The Kier molecular flexibility index (Phi) is 3.99. The number of benzene rings is 1. The van der Waals surface area contributed by atoms with Crippen molar-refractivity contribution in [3.8, 4) is 16.2 Å². The van der Waals surface area contributed by atoms with Gasteiger partial charge in [-0.25, -0.2) is 4.98 Å². The molecule has 0 amide bonds. The Morgan fingerprint density at radius 1 is 1.39 bits per heavy atom. The Balaban J connectivity index is 2.47. The lowest BCUT2D eigenvalue weighted by Crippen LogP contribution is -1.91. The number of methoxy groups -OCH3 is 1. The van der Waals surface area contributed by atoms with Crippen molar-refractivity contribution in [1.82, 2.24) is 4.98 Å². The van der Waals surface area contributed by atoms with Gasteiger partial charge in [0.15, 0.2) is 0 Å². The normalized spacial score (nSPS) is 10.7. The summed E-state index contributed by atoms with van der Waals surface area (Å²) >= 11 is 1.54. The van der Waals surface area contributed by atoms with Crippen molar-refractivity contribution in [2.24, 2.45) is 0 Å². The maximum atomic E-state index is 9.13. The molecule has 18 heavy (non-hydrogen) atoms. The molecule has 0 aliphatic rings. The Labute approximate surface area is 111 Å². The molecule has 1 heterocycles. The summed E-state index contributed by atoms with van der Waals surface area (Å²) in [5.41, 5.74) is 3.30. The fourth-order valence-electron chi connectivity index (χ4n) is 1.98. The number of thiazole rings is 1. The molecule has 1 aromatic heterocycles. The molecule has 0 bridgehead atoms. The summed E-state index contributed by atoms with van der Waals surface area (Å²) in [4.78, 5) is 5.46. The summed E-state index contributed by atoms with van der Waals surface area (Å²) in [6, 6.07) is 6.17. The molecule has 0 aliphatic heterocycles. The van der Waals surface area contributed by atoms with E-state index in [1.807, 2.05) is 19.1 Å². The molecule has 0 fully saturated rings. The molecule has 0 saturated heterocycles. The number of rotatable bonds is 4. The second-order valence-electron chi connectivity index (χ2n) is 4.06. The molecule has 0 saturated carbocycles. The second-order valence-corrected chi connectivity index (χ2v) is 5.14.